The number of hydrogen-bond acceptors (Lipinski definition) is 31. The lowest BCUT2D eigenvalue weighted by Crippen LogP contribution is -2.66. The molecule has 10 aromatic rings. The molecule has 4 aliphatic heterocycles. The van der Waals surface area contributed by atoms with E-state index in [4.69, 9.17) is 85.3 Å². The summed E-state index contributed by atoms with van der Waals surface area (Å²) in [7, 11) is 1.18. The van der Waals surface area contributed by atoms with E-state index >= 15 is 4.79 Å². The summed E-state index contributed by atoms with van der Waals surface area (Å²) in [5, 5.41) is 36.8. The van der Waals surface area contributed by atoms with Crippen LogP contribution in [0, 0.1) is 0 Å². The van der Waals surface area contributed by atoms with Crippen molar-refractivity contribution in [3.8, 4) is 0 Å². The number of methoxy groups -OCH3 is 1. The van der Waals surface area contributed by atoms with Gasteiger partial charge in [0.2, 0.25) is 0 Å². The van der Waals surface area contributed by atoms with Crippen LogP contribution in [0.5, 0.6) is 0 Å². The molecule has 0 unspecified atom stereocenters. The predicted octanol–water partition coefficient (Wildman–Crippen LogP) is 9.55. The highest BCUT2D eigenvalue weighted by Gasteiger charge is 2.59. The lowest BCUT2D eigenvalue weighted by molar-refractivity contribution is -0.344. The average Bonchev–Trinajstić information content (AvgIpc) is 0.776. The molecule has 31 heteroatoms. The summed E-state index contributed by atoms with van der Waals surface area (Å²) >= 11 is 0. The largest absolute Gasteiger partial charge is 0.453 e. The second-order valence-corrected chi connectivity index (χ2v) is 28.9. The van der Waals surface area contributed by atoms with E-state index in [1.54, 1.807) is 109 Å². The van der Waals surface area contributed by atoms with Gasteiger partial charge in [-0.05, 0) is 121 Å². The number of aliphatic hydroxyl groups excluding tert-OH is 3. The van der Waals surface area contributed by atoms with Crippen molar-refractivity contribution >= 4 is 59.7 Å². The minimum atomic E-state index is -2.27. The van der Waals surface area contributed by atoms with Gasteiger partial charge in [0.1, 0.15) is 36.6 Å². The van der Waals surface area contributed by atoms with Crippen LogP contribution in [-0.4, -0.2) is 231 Å². The molecule has 126 heavy (non-hydrogen) atoms. The van der Waals surface area contributed by atoms with Crippen LogP contribution >= 0.6 is 0 Å². The van der Waals surface area contributed by atoms with Gasteiger partial charge in [-0.2, -0.15) is 0 Å². The van der Waals surface area contributed by atoms with E-state index < -0.39 is 209 Å². The minimum absolute atomic E-state index is 0.00239. The summed E-state index contributed by atoms with van der Waals surface area (Å²) in [6.45, 7) is -3.90. The number of aliphatic hydroxyl groups is 3. The first-order valence-electron chi connectivity index (χ1n) is 39.9. The molecule has 650 valence electrons. The molecule has 0 spiro atoms. The third-order valence-electron chi connectivity index (χ3n) is 20.6. The van der Waals surface area contributed by atoms with Crippen LogP contribution < -0.4 is 0 Å². The molecular weight excluding hydrogens is 1640 g/mol. The zero-order valence-electron chi connectivity index (χ0n) is 67.0. The summed E-state index contributed by atoms with van der Waals surface area (Å²) in [5.41, 5.74) is -0.446. The Labute approximate surface area is 720 Å². The lowest BCUT2D eigenvalue weighted by atomic mass is 9.96. The number of hydrogen-bond donors (Lipinski definition) is 3. The van der Waals surface area contributed by atoms with Crippen LogP contribution in [0.2, 0.25) is 0 Å². The van der Waals surface area contributed by atoms with Crippen molar-refractivity contribution < 1.29 is 149 Å². The molecule has 4 aliphatic rings. The fourth-order valence-corrected chi connectivity index (χ4v) is 14.3. The topological polar surface area (TPSA) is 398 Å². The number of carbonyl (C=O) groups is 10. The molecule has 10 aromatic carbocycles. The smallest absolute Gasteiger partial charge is 0.338 e. The van der Waals surface area contributed by atoms with E-state index in [9.17, 15) is 58.5 Å². The average molecular weight is 1720 g/mol. The minimum Gasteiger partial charge on any atom is -0.453 e. The maximum absolute atomic E-state index is 15.0. The molecule has 4 heterocycles. The Morgan fingerprint density at radius 2 is 0.389 bits per heavy atom. The highest BCUT2D eigenvalue weighted by Crippen LogP contribution is 2.39. The molecule has 4 fully saturated rings. The van der Waals surface area contributed by atoms with Gasteiger partial charge in [-0.25, -0.2) is 47.9 Å². The number of carbonyl (C=O) groups excluding carboxylic acids is 10. The molecule has 14 rings (SSSR count). The Morgan fingerprint density at radius 1 is 0.222 bits per heavy atom. The summed E-state index contributed by atoms with van der Waals surface area (Å²) in [6.07, 6.45) is -39.4. The maximum Gasteiger partial charge on any atom is 0.338 e. The SMILES string of the molecule is CO[C@H]1O[C@H](CO[C@@H]2O[C@H](CO[C@@H]3O[C@H](CO[C@@H]4O[C@H](CO)[C@@H](OC(=O)c5ccccc5)[C@H](O)[C@H]4OC(=O)c4ccccc4)[C@@H](OC(=O)c4ccccc4)[C@H](OC(=O)c4ccccc4)[C@H]3OC(=O)c3ccccc3)[C@@H](OC(=O)c3ccccc3)[C@H](O)[C@H]2OC(=O)c2ccccc2)[C@@H](OC(=O)c2ccccc2)[C@H](OC(=O)c2ccccc2)[C@H]1OC(=O)c1ccccc1. The zero-order valence-corrected chi connectivity index (χ0v) is 67.0. The van der Waals surface area contributed by atoms with Gasteiger partial charge in [0.25, 0.3) is 0 Å². The van der Waals surface area contributed by atoms with Crippen LogP contribution in [0.1, 0.15) is 104 Å². The van der Waals surface area contributed by atoms with Crippen LogP contribution in [0.15, 0.2) is 303 Å². The van der Waals surface area contributed by atoms with E-state index in [2.05, 4.69) is 0 Å². The quantitative estimate of drug-likeness (QED) is 0.0269. The van der Waals surface area contributed by atoms with Gasteiger partial charge in [-0.3, -0.25) is 0 Å². The fourth-order valence-electron chi connectivity index (χ4n) is 14.3. The molecule has 0 bridgehead atoms. The summed E-state index contributed by atoms with van der Waals surface area (Å²) in [5.74, 6) is -10.6. The zero-order chi connectivity index (χ0) is 88.0. The highest BCUT2D eigenvalue weighted by molar-refractivity contribution is 5.94. The van der Waals surface area contributed by atoms with Crippen LogP contribution in [0.25, 0.3) is 0 Å². The van der Waals surface area contributed by atoms with Crippen molar-refractivity contribution in [3.63, 3.8) is 0 Å². The van der Waals surface area contributed by atoms with E-state index in [0.29, 0.717) is 0 Å². The maximum atomic E-state index is 15.0. The standard InChI is InChI=1S/C95H84O31/c1-109-92-80(125-90(107)64-48-28-10-29-49-64)78(123-88(105)62-44-24-8-25-45-62)74(119-84(101)58-36-16-4-17-37-58)68(114-92)54-111-94-77(122-87(104)61-42-22-7-23-43-61)71(98)73(118-83(100)57-34-14-3-15-35-57)67(115-94)53-112-95-81(126-91(108)65-50-30-11-31-51-65)79(124-89(106)63-46-26-9-27-47-63)75(120-85(102)59-38-18-5-19-39-59)69(116-95)55-110-93-76(121-86(103)60-40-20-6-21-41-60)70(97)72(66(52-96)113-93)117-82(99)56-32-12-2-13-33-56/h2-51,66-81,92-98H,52-55H2,1H3/t66-,67-,68-,69-,70+,71+,72-,73-,74-,75-,76-,77-,78+,79+,80-,81-,92+,93-,94-,95-/m1/s1. The van der Waals surface area contributed by atoms with Crippen molar-refractivity contribution in [2.24, 2.45) is 0 Å². The monoisotopic (exact) mass is 1720 g/mol. The lowest BCUT2D eigenvalue weighted by Gasteiger charge is -2.47. The summed E-state index contributed by atoms with van der Waals surface area (Å²) < 4.78 is 115. The third-order valence-corrected chi connectivity index (χ3v) is 20.6. The summed E-state index contributed by atoms with van der Waals surface area (Å²) in [4.78, 5) is 146. The number of ether oxygens (including phenoxy) is 18. The van der Waals surface area contributed by atoms with Gasteiger partial charge in [0, 0.05) is 7.11 Å². The van der Waals surface area contributed by atoms with Crippen LogP contribution in [0.3, 0.4) is 0 Å². The van der Waals surface area contributed by atoms with Crippen molar-refractivity contribution in [3.05, 3.63) is 359 Å². The fraction of sp³-hybridized carbons (Fsp3) is 0.263. The molecule has 0 amide bonds. The van der Waals surface area contributed by atoms with Crippen LogP contribution in [0.4, 0.5) is 0 Å². The number of benzene rings is 10. The summed E-state index contributed by atoms with van der Waals surface area (Å²) in [6, 6.07) is 75.1. The van der Waals surface area contributed by atoms with E-state index in [0.717, 1.165) is 0 Å². The first-order chi connectivity index (χ1) is 61.4. The van der Waals surface area contributed by atoms with E-state index in [1.807, 2.05) is 0 Å². The second kappa shape index (κ2) is 42.7. The van der Waals surface area contributed by atoms with Gasteiger partial charge >= 0.3 is 59.7 Å². The molecule has 0 aliphatic carbocycles. The van der Waals surface area contributed by atoms with Gasteiger partial charge in [-0.15, -0.1) is 0 Å². The molecule has 31 nitrogen and oxygen atoms in total. The highest BCUT2D eigenvalue weighted by atomic mass is 16.8. The van der Waals surface area contributed by atoms with E-state index in [1.165, 1.54) is 201 Å². The molecule has 0 aromatic heterocycles. The van der Waals surface area contributed by atoms with Crippen molar-refractivity contribution in [1.29, 1.82) is 0 Å². The van der Waals surface area contributed by atoms with Crippen molar-refractivity contribution in [2.75, 3.05) is 33.5 Å². The number of rotatable bonds is 31. The Bertz CT molecular complexity index is 5290. The second-order valence-electron chi connectivity index (χ2n) is 28.9. The van der Waals surface area contributed by atoms with Crippen molar-refractivity contribution in [1.82, 2.24) is 0 Å². The molecule has 4 saturated heterocycles. The first-order valence-corrected chi connectivity index (χ1v) is 39.9. The Kier molecular flexibility index (Phi) is 30.1. The van der Waals surface area contributed by atoms with Crippen LogP contribution in [-0.2, 0) is 85.3 Å². The molecule has 0 radical (unpaired) electrons. The third kappa shape index (κ3) is 22.0. The Balaban J connectivity index is 0.864. The molecule has 20 atom stereocenters. The van der Waals surface area contributed by atoms with E-state index in [-0.39, 0.29) is 55.6 Å². The Hall–Kier alpha value is -13.5. The molecule has 0 saturated carbocycles. The number of esters is 10. The van der Waals surface area contributed by atoms with Gasteiger partial charge in [-0.1, -0.05) is 182 Å². The molecule has 3 N–H and O–H groups in total. The normalized spacial score (nSPS) is 25.6. The van der Waals surface area contributed by atoms with Gasteiger partial charge in [0.15, 0.2) is 86.2 Å². The van der Waals surface area contributed by atoms with Gasteiger partial charge in [0.05, 0.1) is 82.1 Å². The molecular formula is C95H84O31. The van der Waals surface area contributed by atoms with Gasteiger partial charge < -0.3 is 101 Å². The Morgan fingerprint density at radius 3 is 0.619 bits per heavy atom. The predicted molar refractivity (Wildman–Crippen MR) is 435 cm³/mol. The first kappa shape index (κ1) is 88.8. The van der Waals surface area contributed by atoms with Crippen molar-refractivity contribution in [2.45, 2.75) is 123 Å².